The first-order chi connectivity index (χ1) is 8.08. The van der Waals surface area contributed by atoms with Gasteiger partial charge in [-0.2, -0.15) is 0 Å². The van der Waals surface area contributed by atoms with Crippen LogP contribution < -0.4 is 0 Å². The van der Waals surface area contributed by atoms with Gasteiger partial charge in [-0.3, -0.25) is 4.94 Å². The van der Waals surface area contributed by atoms with Gasteiger partial charge in [-0.1, -0.05) is 38.3 Å². The van der Waals surface area contributed by atoms with E-state index in [2.05, 4.69) is 17.9 Å². The van der Waals surface area contributed by atoms with Gasteiger partial charge in [0.05, 0.1) is 6.42 Å². The normalized spacial score (nSPS) is 33.8. The van der Waals surface area contributed by atoms with E-state index < -0.39 is 5.97 Å². The van der Waals surface area contributed by atoms with Crippen molar-refractivity contribution in [3.05, 3.63) is 11.6 Å². The van der Waals surface area contributed by atoms with Crippen molar-refractivity contribution in [2.24, 2.45) is 17.3 Å². The van der Waals surface area contributed by atoms with Gasteiger partial charge < -0.3 is 0 Å². The molecule has 1 saturated carbocycles. The molecular weight excluding hydrogens is 219 g/mol. The fourth-order valence-electron chi connectivity index (χ4n) is 3.82. The first-order valence-electron chi connectivity index (χ1n) is 6.60. The van der Waals surface area contributed by atoms with Crippen molar-refractivity contribution < 1.29 is 14.3 Å². The zero-order valence-corrected chi connectivity index (χ0v) is 10.7. The third-order valence-electron chi connectivity index (χ3n) is 4.77. The van der Waals surface area contributed by atoms with Gasteiger partial charge in [-0.05, 0) is 36.5 Å². The second kappa shape index (κ2) is 4.79. The van der Waals surface area contributed by atoms with Crippen molar-refractivity contribution in [1.82, 2.24) is 0 Å². The molecule has 0 aromatic rings. The summed E-state index contributed by atoms with van der Waals surface area (Å²) >= 11 is 0. The van der Waals surface area contributed by atoms with Crippen LogP contribution in [0.15, 0.2) is 11.6 Å². The van der Waals surface area contributed by atoms with Crippen LogP contribution in [0.25, 0.3) is 0 Å². The molecule has 3 heteroatoms. The van der Waals surface area contributed by atoms with Gasteiger partial charge in [0, 0.05) is 4.53 Å². The number of halogens is 1. The number of carbonyl (C=O) groups excluding carboxylic acids is 1. The highest BCUT2D eigenvalue weighted by atomic mass is 19.3. The summed E-state index contributed by atoms with van der Waals surface area (Å²) in [7, 11) is 0. The lowest BCUT2D eigenvalue weighted by Crippen LogP contribution is -2.31. The minimum atomic E-state index is -0.749. The lowest BCUT2D eigenvalue weighted by atomic mass is 9.64. The van der Waals surface area contributed by atoms with Gasteiger partial charge in [0.1, 0.15) is 0 Å². The zero-order chi connectivity index (χ0) is 12.5. The van der Waals surface area contributed by atoms with Crippen LogP contribution >= 0.6 is 0 Å². The van der Waals surface area contributed by atoms with E-state index in [0.717, 1.165) is 12.3 Å². The summed E-state index contributed by atoms with van der Waals surface area (Å²) in [6.45, 7) is 4.32. The maximum absolute atomic E-state index is 11.8. The number of fused-ring (bicyclic) bond motifs is 1. The molecule has 3 atom stereocenters. The number of hydrogen-bond acceptors (Lipinski definition) is 2. The fraction of sp³-hybridized carbons (Fsp3) is 0.786. The molecule has 0 amide bonds. The Morgan fingerprint density at radius 1 is 1.65 bits per heavy atom. The Hall–Kier alpha value is -0.860. The van der Waals surface area contributed by atoms with E-state index in [1.54, 1.807) is 0 Å². The molecule has 0 aromatic carbocycles. The van der Waals surface area contributed by atoms with Gasteiger partial charge in [-0.25, -0.2) is 4.79 Å². The molecule has 0 N–H and O–H groups in total. The van der Waals surface area contributed by atoms with Crippen molar-refractivity contribution in [2.75, 3.05) is 0 Å². The van der Waals surface area contributed by atoms with E-state index in [-0.39, 0.29) is 17.8 Å². The van der Waals surface area contributed by atoms with Crippen LogP contribution in [0.4, 0.5) is 4.53 Å². The highest BCUT2D eigenvalue weighted by Gasteiger charge is 2.44. The molecule has 0 bridgehead atoms. The first-order valence-corrected chi connectivity index (χ1v) is 6.60. The second-order valence-corrected chi connectivity index (χ2v) is 5.81. The third-order valence-corrected chi connectivity index (χ3v) is 4.77. The molecule has 0 radical (unpaired) electrons. The zero-order valence-electron chi connectivity index (χ0n) is 10.7. The molecule has 0 spiro atoms. The summed E-state index contributed by atoms with van der Waals surface area (Å²) in [6.07, 6.45) is 8.65. The average molecular weight is 240 g/mol. The quantitative estimate of drug-likeness (QED) is 0.698. The molecular formula is C14H21FO2. The summed E-state index contributed by atoms with van der Waals surface area (Å²) in [5.41, 5.74) is 1.60. The van der Waals surface area contributed by atoms with Crippen molar-refractivity contribution in [2.45, 2.75) is 52.4 Å². The average Bonchev–Trinajstić information content (AvgIpc) is 2.65. The SMILES string of the molecule is C[C@H](CC(=O)OF)C1=CCC2CCCCC12C. The molecule has 2 nitrogen and oxygen atoms in total. The summed E-state index contributed by atoms with van der Waals surface area (Å²) < 4.78 is 11.8. The Bertz CT molecular complexity index is 337. The van der Waals surface area contributed by atoms with Crippen LogP contribution in [0.3, 0.4) is 0 Å². The molecule has 96 valence electrons. The largest absolute Gasteiger partial charge is 0.349 e. The molecule has 2 rings (SSSR count). The van der Waals surface area contributed by atoms with E-state index in [9.17, 15) is 9.32 Å². The van der Waals surface area contributed by atoms with E-state index in [4.69, 9.17) is 0 Å². The van der Waals surface area contributed by atoms with Crippen LogP contribution in [0.1, 0.15) is 52.4 Å². The van der Waals surface area contributed by atoms with Crippen LogP contribution in [0.5, 0.6) is 0 Å². The Kier molecular flexibility index (Phi) is 3.55. The summed E-state index contributed by atoms with van der Waals surface area (Å²) in [5, 5.41) is 0. The predicted molar refractivity (Wildman–Crippen MR) is 63.7 cm³/mol. The van der Waals surface area contributed by atoms with Gasteiger partial charge in [0.25, 0.3) is 0 Å². The lowest BCUT2D eigenvalue weighted by Gasteiger charge is -2.40. The van der Waals surface area contributed by atoms with Gasteiger partial charge in [0.15, 0.2) is 0 Å². The van der Waals surface area contributed by atoms with E-state index in [1.807, 2.05) is 6.92 Å². The van der Waals surface area contributed by atoms with E-state index in [1.165, 1.54) is 31.3 Å². The molecule has 17 heavy (non-hydrogen) atoms. The van der Waals surface area contributed by atoms with Gasteiger partial charge in [-0.15, -0.1) is 0 Å². The highest BCUT2D eigenvalue weighted by Crippen LogP contribution is 2.54. The standard InChI is InChI=1S/C14H21FO2/c1-10(9-13(16)17-15)12-7-6-11-5-3-4-8-14(11,12)2/h7,10-11H,3-6,8-9H2,1-2H3/t10-,11?,14?/m1/s1. The van der Waals surface area contributed by atoms with Crippen molar-refractivity contribution in [3.8, 4) is 0 Å². The van der Waals surface area contributed by atoms with Gasteiger partial charge >= 0.3 is 5.97 Å². The van der Waals surface area contributed by atoms with Crippen LogP contribution in [0, 0.1) is 17.3 Å². The van der Waals surface area contributed by atoms with Crippen molar-refractivity contribution >= 4 is 5.97 Å². The summed E-state index contributed by atoms with van der Waals surface area (Å²) in [6, 6.07) is 0. The van der Waals surface area contributed by atoms with E-state index in [0.29, 0.717) is 0 Å². The van der Waals surface area contributed by atoms with Crippen molar-refractivity contribution in [1.29, 1.82) is 0 Å². The lowest BCUT2D eigenvalue weighted by molar-refractivity contribution is -0.184. The number of hydrogen-bond donors (Lipinski definition) is 0. The smallest absolute Gasteiger partial charge is 0.255 e. The summed E-state index contributed by atoms with van der Waals surface area (Å²) in [5.74, 6) is 0.0858. The van der Waals surface area contributed by atoms with Crippen LogP contribution in [-0.4, -0.2) is 5.97 Å². The molecule has 2 unspecified atom stereocenters. The van der Waals surface area contributed by atoms with Crippen molar-refractivity contribution in [3.63, 3.8) is 0 Å². The molecule has 1 fully saturated rings. The van der Waals surface area contributed by atoms with Crippen LogP contribution in [-0.2, 0) is 9.74 Å². The molecule has 2 aliphatic carbocycles. The molecule has 0 aromatic heterocycles. The first kappa shape index (κ1) is 12.6. The predicted octanol–water partition coefficient (Wildman–Crippen LogP) is 3.97. The molecule has 2 aliphatic rings. The maximum atomic E-state index is 11.8. The number of rotatable bonds is 3. The monoisotopic (exact) mass is 240 g/mol. The molecule has 0 heterocycles. The Morgan fingerprint density at radius 2 is 2.41 bits per heavy atom. The summed E-state index contributed by atoms with van der Waals surface area (Å²) in [4.78, 5) is 14.3. The minimum absolute atomic E-state index is 0.103. The molecule has 0 aliphatic heterocycles. The Morgan fingerprint density at radius 3 is 3.12 bits per heavy atom. The minimum Gasteiger partial charge on any atom is -0.255 e. The second-order valence-electron chi connectivity index (χ2n) is 5.81. The van der Waals surface area contributed by atoms with E-state index >= 15 is 0 Å². The Labute approximate surface area is 102 Å². The Balaban J connectivity index is 2.08. The topological polar surface area (TPSA) is 26.3 Å². The highest BCUT2D eigenvalue weighted by molar-refractivity contribution is 5.69. The maximum Gasteiger partial charge on any atom is 0.349 e. The third kappa shape index (κ3) is 2.24. The number of carbonyl (C=O) groups is 1. The van der Waals surface area contributed by atoms with Gasteiger partial charge in [0.2, 0.25) is 0 Å². The van der Waals surface area contributed by atoms with Crippen LogP contribution in [0.2, 0.25) is 0 Å². The fourth-order valence-corrected chi connectivity index (χ4v) is 3.82. The molecule has 0 saturated heterocycles. The number of allylic oxidation sites excluding steroid dienone is 2.